The Kier molecular flexibility index (Phi) is 5.49. The second-order valence-corrected chi connectivity index (χ2v) is 7.24. The first-order chi connectivity index (χ1) is 12.5. The van der Waals surface area contributed by atoms with Crippen molar-refractivity contribution in [2.24, 2.45) is 0 Å². The number of amides is 1. The van der Waals surface area contributed by atoms with Crippen LogP contribution in [0, 0.1) is 0 Å². The standard InChI is InChI=1S/C17H18N4O4S/c22-17(20-7-6-14-4-2-10-25-14)13-3-1-5-15(11-13)26(23,24)21-12-16-18-8-9-19-16/h1-5,8-11,21H,6-7,12H2,(H,18,19)(H,20,22). The largest absolute Gasteiger partial charge is 0.469 e. The zero-order chi connectivity index (χ0) is 18.4. The highest BCUT2D eigenvalue weighted by atomic mass is 32.2. The third kappa shape index (κ3) is 4.58. The van der Waals surface area contributed by atoms with Crippen LogP contribution in [0.4, 0.5) is 0 Å². The van der Waals surface area contributed by atoms with Gasteiger partial charge < -0.3 is 14.7 Å². The number of aromatic amines is 1. The summed E-state index contributed by atoms with van der Waals surface area (Å²) in [6.07, 6.45) is 5.28. The Morgan fingerprint density at radius 2 is 2.12 bits per heavy atom. The van der Waals surface area contributed by atoms with Crippen LogP contribution in [0.15, 0.2) is 64.4 Å². The highest BCUT2D eigenvalue weighted by Crippen LogP contribution is 2.12. The molecule has 3 rings (SSSR count). The van der Waals surface area contributed by atoms with Crippen molar-refractivity contribution in [2.45, 2.75) is 17.9 Å². The van der Waals surface area contributed by atoms with Crippen molar-refractivity contribution in [2.75, 3.05) is 6.54 Å². The Balaban J connectivity index is 1.61. The van der Waals surface area contributed by atoms with Crippen molar-refractivity contribution < 1.29 is 17.6 Å². The van der Waals surface area contributed by atoms with E-state index >= 15 is 0 Å². The number of nitrogens with one attached hydrogen (secondary N) is 3. The van der Waals surface area contributed by atoms with Crippen LogP contribution in [-0.2, 0) is 23.0 Å². The number of rotatable bonds is 8. The van der Waals surface area contributed by atoms with E-state index in [-0.39, 0.29) is 22.9 Å². The molecule has 0 bridgehead atoms. The number of carbonyl (C=O) groups excluding carboxylic acids is 1. The lowest BCUT2D eigenvalue weighted by atomic mass is 10.2. The van der Waals surface area contributed by atoms with Crippen LogP contribution in [0.25, 0.3) is 0 Å². The zero-order valence-corrected chi connectivity index (χ0v) is 14.6. The number of sulfonamides is 1. The fraction of sp³-hybridized carbons (Fsp3) is 0.176. The van der Waals surface area contributed by atoms with Crippen molar-refractivity contribution in [3.63, 3.8) is 0 Å². The van der Waals surface area contributed by atoms with Crippen LogP contribution >= 0.6 is 0 Å². The van der Waals surface area contributed by atoms with Gasteiger partial charge in [-0.15, -0.1) is 0 Å². The normalized spacial score (nSPS) is 11.4. The van der Waals surface area contributed by atoms with E-state index in [4.69, 9.17) is 4.42 Å². The molecule has 0 saturated carbocycles. The Morgan fingerprint density at radius 3 is 2.85 bits per heavy atom. The first-order valence-corrected chi connectivity index (χ1v) is 9.41. The van der Waals surface area contributed by atoms with E-state index in [1.807, 2.05) is 6.07 Å². The van der Waals surface area contributed by atoms with Crippen molar-refractivity contribution >= 4 is 15.9 Å². The van der Waals surface area contributed by atoms with Gasteiger partial charge in [-0.2, -0.15) is 0 Å². The maximum atomic E-state index is 12.4. The number of furan rings is 1. The lowest BCUT2D eigenvalue weighted by Gasteiger charge is -2.08. The number of nitrogens with zero attached hydrogens (tertiary/aromatic N) is 1. The average Bonchev–Trinajstić information content (AvgIpc) is 3.34. The molecule has 0 radical (unpaired) electrons. The number of carbonyl (C=O) groups is 1. The molecule has 0 aliphatic heterocycles. The lowest BCUT2D eigenvalue weighted by Crippen LogP contribution is -2.27. The van der Waals surface area contributed by atoms with Gasteiger partial charge in [0.05, 0.1) is 17.7 Å². The molecule has 0 aliphatic rings. The molecule has 0 fully saturated rings. The average molecular weight is 374 g/mol. The van der Waals surface area contributed by atoms with Crippen LogP contribution in [0.5, 0.6) is 0 Å². The molecule has 0 unspecified atom stereocenters. The molecule has 0 aliphatic carbocycles. The summed E-state index contributed by atoms with van der Waals surface area (Å²) in [7, 11) is -3.75. The molecule has 2 heterocycles. The van der Waals surface area contributed by atoms with Gasteiger partial charge >= 0.3 is 0 Å². The molecule has 0 atom stereocenters. The molecule has 26 heavy (non-hydrogen) atoms. The van der Waals surface area contributed by atoms with E-state index in [2.05, 4.69) is 20.0 Å². The topological polar surface area (TPSA) is 117 Å². The van der Waals surface area contributed by atoms with E-state index < -0.39 is 10.0 Å². The first kappa shape index (κ1) is 17.9. The van der Waals surface area contributed by atoms with Gasteiger partial charge in [-0.05, 0) is 30.3 Å². The maximum absolute atomic E-state index is 12.4. The fourth-order valence-corrected chi connectivity index (χ4v) is 3.34. The van der Waals surface area contributed by atoms with E-state index in [0.29, 0.717) is 18.8 Å². The van der Waals surface area contributed by atoms with E-state index in [1.165, 1.54) is 24.4 Å². The molecular weight excluding hydrogens is 356 g/mol. The molecule has 3 N–H and O–H groups in total. The van der Waals surface area contributed by atoms with Crippen LogP contribution < -0.4 is 10.0 Å². The molecule has 0 saturated heterocycles. The van der Waals surface area contributed by atoms with Gasteiger partial charge in [0.15, 0.2) is 0 Å². The smallest absolute Gasteiger partial charge is 0.251 e. The van der Waals surface area contributed by atoms with Gasteiger partial charge in [0.2, 0.25) is 10.0 Å². The molecule has 3 aromatic rings. The number of hydrogen-bond donors (Lipinski definition) is 3. The number of hydrogen-bond acceptors (Lipinski definition) is 5. The quantitative estimate of drug-likeness (QED) is 0.552. The Hall–Kier alpha value is -2.91. The second kappa shape index (κ2) is 7.98. The summed E-state index contributed by atoms with van der Waals surface area (Å²) in [4.78, 5) is 19.0. The predicted molar refractivity (Wildman–Crippen MR) is 93.8 cm³/mol. The molecule has 1 aromatic carbocycles. The summed E-state index contributed by atoms with van der Waals surface area (Å²) in [6, 6.07) is 9.47. The summed E-state index contributed by atoms with van der Waals surface area (Å²) < 4.78 is 32.4. The molecular formula is C17H18N4O4S. The molecule has 0 spiro atoms. The summed E-state index contributed by atoms with van der Waals surface area (Å²) >= 11 is 0. The zero-order valence-electron chi connectivity index (χ0n) is 13.8. The Labute approximate surface area is 150 Å². The predicted octanol–water partition coefficient (Wildman–Crippen LogP) is 1.45. The van der Waals surface area contributed by atoms with E-state index in [0.717, 1.165) is 5.76 Å². The second-order valence-electron chi connectivity index (χ2n) is 5.47. The molecule has 2 aromatic heterocycles. The van der Waals surface area contributed by atoms with Crippen molar-refractivity contribution in [3.05, 3.63) is 72.2 Å². The third-order valence-electron chi connectivity index (χ3n) is 3.63. The molecule has 1 amide bonds. The fourth-order valence-electron chi connectivity index (χ4n) is 2.30. The lowest BCUT2D eigenvalue weighted by molar-refractivity contribution is 0.0953. The minimum absolute atomic E-state index is 0.0164. The maximum Gasteiger partial charge on any atom is 0.251 e. The van der Waals surface area contributed by atoms with E-state index in [1.54, 1.807) is 24.6 Å². The van der Waals surface area contributed by atoms with Gasteiger partial charge in [-0.3, -0.25) is 4.79 Å². The SMILES string of the molecule is O=C(NCCc1ccco1)c1cccc(S(=O)(=O)NCc2ncc[nH]2)c1. The van der Waals surface area contributed by atoms with Gasteiger partial charge in [-0.1, -0.05) is 6.07 Å². The Morgan fingerprint density at radius 1 is 1.23 bits per heavy atom. The minimum atomic E-state index is -3.75. The van der Waals surface area contributed by atoms with E-state index in [9.17, 15) is 13.2 Å². The Bertz CT molecular complexity index is 951. The highest BCUT2D eigenvalue weighted by molar-refractivity contribution is 7.89. The summed E-state index contributed by atoms with van der Waals surface area (Å²) in [5.41, 5.74) is 0.269. The van der Waals surface area contributed by atoms with Crippen molar-refractivity contribution in [1.29, 1.82) is 0 Å². The summed E-state index contributed by atoms with van der Waals surface area (Å²) in [5.74, 6) is 0.920. The van der Waals surface area contributed by atoms with Gasteiger partial charge in [-0.25, -0.2) is 18.1 Å². The number of H-pyrrole nitrogens is 1. The number of imidazole rings is 1. The van der Waals surface area contributed by atoms with Crippen LogP contribution in [-0.4, -0.2) is 30.8 Å². The van der Waals surface area contributed by atoms with Crippen LogP contribution in [0.1, 0.15) is 21.9 Å². The van der Waals surface area contributed by atoms with Gasteiger partial charge in [0, 0.05) is 30.9 Å². The third-order valence-corrected chi connectivity index (χ3v) is 5.03. The summed E-state index contributed by atoms with van der Waals surface area (Å²) in [5, 5.41) is 2.74. The monoisotopic (exact) mass is 374 g/mol. The highest BCUT2D eigenvalue weighted by Gasteiger charge is 2.16. The van der Waals surface area contributed by atoms with Gasteiger partial charge in [0.1, 0.15) is 11.6 Å². The summed E-state index contributed by atoms with van der Waals surface area (Å²) in [6.45, 7) is 0.426. The van der Waals surface area contributed by atoms with Crippen molar-refractivity contribution in [3.8, 4) is 0 Å². The minimum Gasteiger partial charge on any atom is -0.469 e. The molecule has 136 valence electrons. The first-order valence-electron chi connectivity index (χ1n) is 7.93. The number of aromatic nitrogens is 2. The van der Waals surface area contributed by atoms with Crippen molar-refractivity contribution in [1.82, 2.24) is 20.0 Å². The van der Waals surface area contributed by atoms with Crippen LogP contribution in [0.3, 0.4) is 0 Å². The molecule has 8 nitrogen and oxygen atoms in total. The number of benzene rings is 1. The molecule has 9 heteroatoms. The van der Waals surface area contributed by atoms with Gasteiger partial charge in [0.25, 0.3) is 5.91 Å². The van der Waals surface area contributed by atoms with Crippen LogP contribution in [0.2, 0.25) is 0 Å².